The number of benzene rings is 1. The predicted octanol–water partition coefficient (Wildman–Crippen LogP) is 2.93. The third-order valence-electron chi connectivity index (χ3n) is 2.27. The fraction of sp³-hybridized carbons (Fsp3) is 0.417. The number of nitrogens with two attached hydrogens (primary N) is 1. The predicted molar refractivity (Wildman–Crippen MR) is 74.0 cm³/mol. The molecule has 0 aliphatic heterocycles. The molecule has 1 aliphatic carbocycles. The lowest BCUT2D eigenvalue weighted by molar-refractivity contribution is 0.344. The SMILES string of the molecule is NC(=NC1CC1)SCCOc1ccc(Cl)cc1. The van der Waals surface area contributed by atoms with Gasteiger partial charge in [0.25, 0.3) is 0 Å². The second-order valence-corrected chi connectivity index (χ2v) is 5.40. The summed E-state index contributed by atoms with van der Waals surface area (Å²) in [7, 11) is 0. The van der Waals surface area contributed by atoms with E-state index in [4.69, 9.17) is 22.1 Å². The fourth-order valence-corrected chi connectivity index (χ4v) is 1.98. The Balaban J connectivity index is 1.64. The van der Waals surface area contributed by atoms with Crippen molar-refractivity contribution in [2.24, 2.45) is 10.7 Å². The van der Waals surface area contributed by atoms with Crippen LogP contribution in [0, 0.1) is 0 Å². The molecule has 0 spiro atoms. The summed E-state index contributed by atoms with van der Waals surface area (Å²) < 4.78 is 5.54. The lowest BCUT2D eigenvalue weighted by Gasteiger charge is -2.05. The molecule has 1 fully saturated rings. The summed E-state index contributed by atoms with van der Waals surface area (Å²) in [5.74, 6) is 1.64. The molecule has 0 saturated heterocycles. The average molecular weight is 271 g/mol. The molecular weight excluding hydrogens is 256 g/mol. The Bertz CT molecular complexity index is 390. The van der Waals surface area contributed by atoms with E-state index in [0.717, 1.165) is 11.5 Å². The van der Waals surface area contributed by atoms with Gasteiger partial charge in [-0.05, 0) is 37.1 Å². The van der Waals surface area contributed by atoms with E-state index in [1.807, 2.05) is 24.3 Å². The molecule has 1 aliphatic rings. The van der Waals surface area contributed by atoms with Crippen molar-refractivity contribution in [1.82, 2.24) is 0 Å². The zero-order valence-electron chi connectivity index (χ0n) is 9.43. The summed E-state index contributed by atoms with van der Waals surface area (Å²) in [5, 5.41) is 1.39. The summed E-state index contributed by atoms with van der Waals surface area (Å²) in [6, 6.07) is 7.82. The van der Waals surface area contributed by atoms with Gasteiger partial charge in [0.05, 0.1) is 12.6 Å². The van der Waals surface area contributed by atoms with Crippen molar-refractivity contribution in [1.29, 1.82) is 0 Å². The van der Waals surface area contributed by atoms with Gasteiger partial charge in [-0.25, -0.2) is 0 Å². The van der Waals surface area contributed by atoms with Gasteiger partial charge < -0.3 is 10.5 Å². The Labute approximate surface area is 110 Å². The molecule has 0 atom stereocenters. The number of rotatable bonds is 5. The Morgan fingerprint density at radius 1 is 1.41 bits per heavy atom. The molecule has 0 radical (unpaired) electrons. The molecule has 0 amide bonds. The number of hydrogen-bond acceptors (Lipinski definition) is 3. The fourth-order valence-electron chi connectivity index (χ4n) is 1.26. The smallest absolute Gasteiger partial charge is 0.154 e. The van der Waals surface area contributed by atoms with Crippen LogP contribution < -0.4 is 10.5 Å². The van der Waals surface area contributed by atoms with Crippen molar-refractivity contribution < 1.29 is 4.74 Å². The summed E-state index contributed by atoms with van der Waals surface area (Å²) in [4.78, 5) is 4.33. The molecule has 92 valence electrons. The van der Waals surface area contributed by atoms with Gasteiger partial charge in [0.2, 0.25) is 0 Å². The lowest BCUT2D eigenvalue weighted by atomic mass is 10.3. The molecule has 2 N–H and O–H groups in total. The molecule has 1 saturated carbocycles. The number of ether oxygens (including phenoxy) is 1. The molecule has 2 rings (SSSR count). The maximum Gasteiger partial charge on any atom is 0.154 e. The minimum atomic E-state index is 0.486. The molecule has 1 aromatic carbocycles. The van der Waals surface area contributed by atoms with Crippen molar-refractivity contribution >= 4 is 28.5 Å². The molecular formula is C12H15ClN2OS. The van der Waals surface area contributed by atoms with Crippen LogP contribution in [-0.2, 0) is 0 Å². The number of aliphatic imine (C=N–C) groups is 1. The van der Waals surface area contributed by atoms with Gasteiger partial charge in [0, 0.05) is 10.8 Å². The largest absolute Gasteiger partial charge is 0.493 e. The van der Waals surface area contributed by atoms with E-state index in [1.165, 1.54) is 12.8 Å². The van der Waals surface area contributed by atoms with Gasteiger partial charge in [0.1, 0.15) is 5.75 Å². The molecule has 17 heavy (non-hydrogen) atoms. The first-order valence-corrected chi connectivity index (χ1v) is 6.95. The van der Waals surface area contributed by atoms with E-state index >= 15 is 0 Å². The molecule has 0 unspecified atom stereocenters. The lowest BCUT2D eigenvalue weighted by Crippen LogP contribution is -2.11. The van der Waals surface area contributed by atoms with Crippen molar-refractivity contribution in [3.8, 4) is 5.75 Å². The highest BCUT2D eigenvalue weighted by atomic mass is 35.5. The number of thioether (sulfide) groups is 1. The first kappa shape index (κ1) is 12.6. The van der Waals surface area contributed by atoms with Crippen LogP contribution in [0.2, 0.25) is 5.02 Å². The number of amidine groups is 1. The highest BCUT2D eigenvalue weighted by Gasteiger charge is 2.20. The second kappa shape index (κ2) is 6.17. The van der Waals surface area contributed by atoms with E-state index < -0.39 is 0 Å². The van der Waals surface area contributed by atoms with Crippen LogP contribution in [0.5, 0.6) is 5.75 Å². The van der Waals surface area contributed by atoms with Crippen LogP contribution in [-0.4, -0.2) is 23.6 Å². The van der Waals surface area contributed by atoms with Crippen molar-refractivity contribution in [2.75, 3.05) is 12.4 Å². The van der Waals surface area contributed by atoms with Crippen LogP contribution in [0.4, 0.5) is 0 Å². The Hall–Kier alpha value is -0.870. The maximum atomic E-state index is 5.78. The molecule has 5 heteroatoms. The standard InChI is InChI=1S/C12H15ClN2OS/c13-9-1-5-11(6-2-9)16-7-8-17-12(14)15-10-3-4-10/h1-2,5-6,10H,3-4,7-8H2,(H2,14,15). The van der Waals surface area contributed by atoms with Gasteiger partial charge in [-0.3, -0.25) is 4.99 Å². The minimum Gasteiger partial charge on any atom is -0.493 e. The normalized spacial score (nSPS) is 15.9. The first-order chi connectivity index (χ1) is 8.24. The monoisotopic (exact) mass is 270 g/mol. The van der Waals surface area contributed by atoms with Crippen molar-refractivity contribution in [3.63, 3.8) is 0 Å². The molecule has 1 aromatic rings. The van der Waals surface area contributed by atoms with Gasteiger partial charge in [0.15, 0.2) is 5.17 Å². The van der Waals surface area contributed by atoms with Crippen LogP contribution in [0.15, 0.2) is 29.3 Å². The van der Waals surface area contributed by atoms with E-state index in [9.17, 15) is 0 Å². The zero-order chi connectivity index (χ0) is 12.1. The highest BCUT2D eigenvalue weighted by Crippen LogP contribution is 2.24. The highest BCUT2D eigenvalue weighted by molar-refractivity contribution is 8.13. The molecule has 0 heterocycles. The van der Waals surface area contributed by atoms with Crippen molar-refractivity contribution in [3.05, 3.63) is 29.3 Å². The third kappa shape index (κ3) is 4.88. The first-order valence-electron chi connectivity index (χ1n) is 5.58. The summed E-state index contributed by atoms with van der Waals surface area (Å²) >= 11 is 7.32. The molecule has 3 nitrogen and oxygen atoms in total. The number of halogens is 1. The van der Waals surface area contributed by atoms with Gasteiger partial charge in [-0.15, -0.1) is 0 Å². The van der Waals surface area contributed by atoms with Crippen LogP contribution in [0.25, 0.3) is 0 Å². The topological polar surface area (TPSA) is 47.6 Å². The third-order valence-corrected chi connectivity index (χ3v) is 3.30. The molecule has 0 aromatic heterocycles. The van der Waals surface area contributed by atoms with Crippen LogP contribution in [0.1, 0.15) is 12.8 Å². The van der Waals surface area contributed by atoms with Crippen LogP contribution >= 0.6 is 23.4 Å². The summed E-state index contributed by atoms with van der Waals surface area (Å²) in [6.07, 6.45) is 2.37. The Morgan fingerprint density at radius 3 is 2.76 bits per heavy atom. The van der Waals surface area contributed by atoms with E-state index in [-0.39, 0.29) is 0 Å². The minimum absolute atomic E-state index is 0.486. The quantitative estimate of drug-likeness (QED) is 0.508. The van der Waals surface area contributed by atoms with E-state index in [1.54, 1.807) is 11.8 Å². The van der Waals surface area contributed by atoms with Crippen LogP contribution in [0.3, 0.4) is 0 Å². The van der Waals surface area contributed by atoms with E-state index in [2.05, 4.69) is 4.99 Å². The second-order valence-electron chi connectivity index (χ2n) is 3.85. The van der Waals surface area contributed by atoms with E-state index in [0.29, 0.717) is 22.8 Å². The summed E-state index contributed by atoms with van der Waals surface area (Å²) in [6.45, 7) is 0.618. The number of nitrogens with zero attached hydrogens (tertiary/aromatic N) is 1. The van der Waals surface area contributed by atoms with Crippen molar-refractivity contribution in [2.45, 2.75) is 18.9 Å². The summed E-state index contributed by atoms with van der Waals surface area (Å²) in [5.41, 5.74) is 5.75. The average Bonchev–Trinajstić information content (AvgIpc) is 3.11. The Morgan fingerprint density at radius 2 is 2.12 bits per heavy atom. The number of hydrogen-bond donors (Lipinski definition) is 1. The van der Waals surface area contributed by atoms with Gasteiger partial charge in [-0.2, -0.15) is 0 Å². The maximum absolute atomic E-state index is 5.78. The Kier molecular flexibility index (Phi) is 4.57. The van der Waals surface area contributed by atoms with Gasteiger partial charge >= 0.3 is 0 Å². The zero-order valence-corrected chi connectivity index (χ0v) is 11.0. The molecule has 0 bridgehead atoms. The van der Waals surface area contributed by atoms with Gasteiger partial charge in [-0.1, -0.05) is 23.4 Å².